The molecule has 1 aliphatic carbocycles. The van der Waals surface area contributed by atoms with Gasteiger partial charge in [-0.3, -0.25) is 0 Å². The minimum Gasteiger partial charge on any atom is -0.317 e. The van der Waals surface area contributed by atoms with Gasteiger partial charge in [-0.1, -0.05) is 12.5 Å². The van der Waals surface area contributed by atoms with Crippen LogP contribution in [-0.4, -0.2) is 23.2 Å². The summed E-state index contributed by atoms with van der Waals surface area (Å²) in [4.78, 5) is -0.447. The number of sulfonamides is 1. The summed E-state index contributed by atoms with van der Waals surface area (Å²) in [5.41, 5.74) is -0.681. The zero-order valence-electron chi connectivity index (χ0n) is 13.1. The summed E-state index contributed by atoms with van der Waals surface area (Å²) >= 11 is 0. The van der Waals surface area contributed by atoms with Crippen LogP contribution in [-0.2, 0) is 16.2 Å². The van der Waals surface area contributed by atoms with Gasteiger partial charge in [-0.25, -0.2) is 13.6 Å². The average molecular weight is 374 g/mol. The number of nitrogens with zero attached hydrogens (tertiary/aromatic N) is 3. The lowest BCUT2D eigenvalue weighted by Gasteiger charge is -2.31. The van der Waals surface area contributed by atoms with Gasteiger partial charge >= 0.3 is 6.18 Å². The van der Waals surface area contributed by atoms with Crippen LogP contribution in [0.3, 0.4) is 0 Å². The minimum atomic E-state index is -4.63. The summed E-state index contributed by atoms with van der Waals surface area (Å²) in [5.74, 6) is -0.197. The maximum absolute atomic E-state index is 12.9. The van der Waals surface area contributed by atoms with E-state index >= 15 is 0 Å². The number of hydrogen-bond acceptors (Lipinski definition) is 4. The molecule has 6 nitrogen and oxygen atoms in total. The van der Waals surface area contributed by atoms with Crippen molar-refractivity contribution in [3.05, 3.63) is 42.0 Å². The Bertz CT molecular complexity index is 850. The standard InChI is InChI=1S/C15H17F3N4O2S/c16-15(17,18)11-4-5-13(14(7-11)25(19,23)24)10-2-1-3-12(6-10)22-8-20-21-9-22/h4-5,7-10,12H,1-3,6H2,(H2,19,23,24)/t10-,12+/m0/s1. The molecule has 0 amide bonds. The monoisotopic (exact) mass is 374 g/mol. The first-order chi connectivity index (χ1) is 11.7. The number of aromatic nitrogens is 3. The van der Waals surface area contributed by atoms with Crippen LogP contribution in [0.15, 0.2) is 35.7 Å². The van der Waals surface area contributed by atoms with E-state index in [0.717, 1.165) is 18.9 Å². The molecule has 1 aromatic carbocycles. The summed E-state index contributed by atoms with van der Waals surface area (Å²) in [6, 6.07) is 2.85. The van der Waals surface area contributed by atoms with Gasteiger partial charge in [0.2, 0.25) is 10.0 Å². The van der Waals surface area contributed by atoms with Crippen molar-refractivity contribution in [2.75, 3.05) is 0 Å². The largest absolute Gasteiger partial charge is 0.416 e. The Kier molecular flexibility index (Phi) is 4.58. The van der Waals surface area contributed by atoms with E-state index < -0.39 is 26.7 Å². The lowest BCUT2D eigenvalue weighted by molar-refractivity contribution is -0.137. The fraction of sp³-hybridized carbons (Fsp3) is 0.467. The molecule has 2 N–H and O–H groups in total. The highest BCUT2D eigenvalue weighted by Gasteiger charge is 2.34. The lowest BCUT2D eigenvalue weighted by Crippen LogP contribution is -2.22. The highest BCUT2D eigenvalue weighted by Crippen LogP contribution is 2.42. The second kappa shape index (κ2) is 6.41. The van der Waals surface area contributed by atoms with E-state index in [1.807, 2.05) is 4.57 Å². The van der Waals surface area contributed by atoms with E-state index in [2.05, 4.69) is 10.2 Å². The first kappa shape index (κ1) is 17.9. The fourth-order valence-corrected chi connectivity index (χ4v) is 4.26. The Labute approximate surface area is 142 Å². The number of benzene rings is 1. The molecule has 1 fully saturated rings. The van der Waals surface area contributed by atoms with Gasteiger partial charge in [0.1, 0.15) is 12.7 Å². The number of nitrogens with two attached hydrogens (primary N) is 1. The predicted octanol–water partition coefficient (Wildman–Crippen LogP) is 2.84. The molecule has 1 aromatic heterocycles. The smallest absolute Gasteiger partial charge is 0.317 e. The van der Waals surface area contributed by atoms with Gasteiger partial charge in [0.25, 0.3) is 0 Å². The van der Waals surface area contributed by atoms with Gasteiger partial charge in [0, 0.05) is 6.04 Å². The van der Waals surface area contributed by atoms with Crippen molar-refractivity contribution in [1.29, 1.82) is 0 Å². The van der Waals surface area contributed by atoms with Crippen molar-refractivity contribution in [2.24, 2.45) is 5.14 Å². The SMILES string of the molecule is NS(=O)(=O)c1cc(C(F)(F)F)ccc1[C@H]1CCC[C@@H](n2cnnc2)C1. The molecule has 1 heterocycles. The molecule has 0 saturated heterocycles. The predicted molar refractivity (Wildman–Crippen MR) is 83.1 cm³/mol. The number of halogens is 3. The third-order valence-corrected chi connectivity index (χ3v) is 5.56. The van der Waals surface area contributed by atoms with Gasteiger partial charge in [-0.05, 0) is 42.9 Å². The summed E-state index contributed by atoms with van der Waals surface area (Å²) in [7, 11) is -4.27. The lowest BCUT2D eigenvalue weighted by atomic mass is 9.81. The van der Waals surface area contributed by atoms with E-state index in [0.29, 0.717) is 24.5 Å². The zero-order valence-corrected chi connectivity index (χ0v) is 14.0. The van der Waals surface area contributed by atoms with Crippen molar-refractivity contribution in [2.45, 2.75) is 48.7 Å². The van der Waals surface area contributed by atoms with Crippen LogP contribution in [0.2, 0.25) is 0 Å². The Morgan fingerprint density at radius 2 is 1.84 bits per heavy atom. The van der Waals surface area contributed by atoms with Crippen LogP contribution in [0, 0.1) is 0 Å². The van der Waals surface area contributed by atoms with Crippen molar-refractivity contribution >= 4 is 10.0 Å². The van der Waals surface area contributed by atoms with E-state index in [4.69, 9.17) is 5.14 Å². The second-order valence-corrected chi connectivity index (χ2v) is 7.75. The average Bonchev–Trinajstić information content (AvgIpc) is 3.07. The molecule has 0 unspecified atom stereocenters. The third-order valence-electron chi connectivity index (χ3n) is 4.59. The Morgan fingerprint density at radius 3 is 2.44 bits per heavy atom. The third kappa shape index (κ3) is 3.84. The topological polar surface area (TPSA) is 90.9 Å². The quantitative estimate of drug-likeness (QED) is 0.894. The van der Waals surface area contributed by atoms with E-state index in [1.54, 1.807) is 12.7 Å². The van der Waals surface area contributed by atoms with Crippen molar-refractivity contribution < 1.29 is 21.6 Å². The Morgan fingerprint density at radius 1 is 1.16 bits per heavy atom. The molecule has 0 bridgehead atoms. The highest BCUT2D eigenvalue weighted by molar-refractivity contribution is 7.89. The molecule has 0 spiro atoms. The molecule has 0 aliphatic heterocycles. The van der Waals surface area contributed by atoms with Crippen molar-refractivity contribution in [1.82, 2.24) is 14.8 Å². The summed E-state index contributed by atoms with van der Waals surface area (Å²) in [5, 5.41) is 12.7. The van der Waals surface area contributed by atoms with Crippen LogP contribution >= 0.6 is 0 Å². The van der Waals surface area contributed by atoms with Gasteiger partial charge in [0.05, 0.1) is 10.5 Å². The van der Waals surface area contributed by atoms with Crippen LogP contribution < -0.4 is 5.14 Å². The van der Waals surface area contributed by atoms with Crippen molar-refractivity contribution in [3.63, 3.8) is 0 Å². The maximum atomic E-state index is 12.9. The summed E-state index contributed by atoms with van der Waals surface area (Å²) < 4.78 is 64.4. The highest BCUT2D eigenvalue weighted by atomic mass is 32.2. The van der Waals surface area contributed by atoms with Gasteiger partial charge in [0.15, 0.2) is 0 Å². The number of rotatable bonds is 3. The maximum Gasteiger partial charge on any atom is 0.416 e. The van der Waals surface area contributed by atoms with Gasteiger partial charge in [-0.2, -0.15) is 13.2 Å². The van der Waals surface area contributed by atoms with E-state index in [9.17, 15) is 21.6 Å². The normalized spacial score (nSPS) is 22.1. The van der Waals surface area contributed by atoms with Gasteiger partial charge in [-0.15, -0.1) is 10.2 Å². The molecule has 10 heteroatoms. The summed E-state index contributed by atoms with van der Waals surface area (Å²) in [6.07, 6.45) is 1.51. The Balaban J connectivity index is 1.98. The molecule has 2 atom stereocenters. The van der Waals surface area contributed by atoms with Crippen LogP contribution in [0.25, 0.3) is 0 Å². The molecule has 25 heavy (non-hydrogen) atoms. The molecular weight excluding hydrogens is 357 g/mol. The first-order valence-corrected chi connectivity index (χ1v) is 9.29. The molecule has 136 valence electrons. The van der Waals surface area contributed by atoms with Crippen LogP contribution in [0.1, 0.15) is 48.8 Å². The Hall–Kier alpha value is -1.94. The van der Waals surface area contributed by atoms with E-state index in [1.165, 1.54) is 6.07 Å². The van der Waals surface area contributed by atoms with Crippen LogP contribution in [0.4, 0.5) is 13.2 Å². The minimum absolute atomic E-state index is 0.0735. The molecular formula is C15H17F3N4O2S. The molecule has 0 radical (unpaired) electrons. The van der Waals surface area contributed by atoms with Crippen molar-refractivity contribution in [3.8, 4) is 0 Å². The fourth-order valence-electron chi connectivity index (χ4n) is 3.41. The molecule has 3 rings (SSSR count). The first-order valence-electron chi connectivity index (χ1n) is 7.74. The zero-order chi connectivity index (χ0) is 18.2. The molecule has 1 saturated carbocycles. The van der Waals surface area contributed by atoms with Crippen LogP contribution in [0.5, 0.6) is 0 Å². The number of alkyl halides is 3. The molecule has 1 aliphatic rings. The number of primary sulfonamides is 1. The number of hydrogen-bond donors (Lipinski definition) is 1. The molecule has 2 aromatic rings. The summed E-state index contributed by atoms with van der Waals surface area (Å²) in [6.45, 7) is 0. The van der Waals surface area contributed by atoms with Gasteiger partial charge < -0.3 is 4.57 Å². The second-order valence-electron chi connectivity index (χ2n) is 6.22. The van der Waals surface area contributed by atoms with E-state index in [-0.39, 0.29) is 12.0 Å².